The first-order valence-electron chi connectivity index (χ1n) is 7.48. The maximum atomic E-state index is 12.1. The number of hydrogen-bond acceptors (Lipinski definition) is 3. The van der Waals surface area contributed by atoms with E-state index in [0.29, 0.717) is 25.2 Å². The van der Waals surface area contributed by atoms with E-state index in [0.717, 1.165) is 23.9 Å². The predicted molar refractivity (Wildman–Crippen MR) is 87.7 cm³/mol. The van der Waals surface area contributed by atoms with E-state index in [2.05, 4.69) is 21.2 Å². The summed E-state index contributed by atoms with van der Waals surface area (Å²) in [4.78, 5) is 25.5. The lowest BCUT2D eigenvalue weighted by Crippen LogP contribution is -2.41. The smallest absolute Gasteiger partial charge is 0.252 e. The van der Waals surface area contributed by atoms with Gasteiger partial charge in [0.1, 0.15) is 0 Å². The second-order valence-corrected chi connectivity index (χ2v) is 6.19. The van der Waals surface area contributed by atoms with E-state index in [-0.39, 0.29) is 17.9 Å². The molecule has 0 saturated carbocycles. The van der Waals surface area contributed by atoms with Crippen molar-refractivity contribution < 1.29 is 14.3 Å². The second-order valence-electron chi connectivity index (χ2n) is 5.34. The number of hydrogen-bond donors (Lipinski definition) is 1. The van der Waals surface area contributed by atoms with Gasteiger partial charge in [-0.3, -0.25) is 9.59 Å². The lowest BCUT2D eigenvalue weighted by Gasteiger charge is -2.24. The topological polar surface area (TPSA) is 58.6 Å². The van der Waals surface area contributed by atoms with Gasteiger partial charge in [0, 0.05) is 37.6 Å². The highest BCUT2D eigenvalue weighted by Gasteiger charge is 2.20. The zero-order valence-corrected chi connectivity index (χ0v) is 14.3. The molecule has 1 aromatic rings. The minimum absolute atomic E-state index is 0.00522. The Bertz CT molecular complexity index is 530. The molecule has 0 radical (unpaired) electrons. The standard InChI is InChI=1S/C16H21BrN2O3/c1-12(20)19(11-13-5-4-10-22-13)9-8-18-16(21)14-6-2-3-7-15(14)17/h2-3,6-7,13H,4-5,8-11H2,1H3,(H,18,21). The van der Waals surface area contributed by atoms with Crippen LogP contribution >= 0.6 is 15.9 Å². The molecule has 0 spiro atoms. The fraction of sp³-hybridized carbons (Fsp3) is 0.500. The van der Waals surface area contributed by atoms with Crippen LogP contribution in [0.15, 0.2) is 28.7 Å². The van der Waals surface area contributed by atoms with E-state index < -0.39 is 0 Å². The van der Waals surface area contributed by atoms with Gasteiger partial charge in [0.25, 0.3) is 5.91 Å². The number of ether oxygens (including phenoxy) is 1. The van der Waals surface area contributed by atoms with Crippen LogP contribution in [-0.2, 0) is 9.53 Å². The maximum absolute atomic E-state index is 12.1. The number of benzene rings is 1. The summed E-state index contributed by atoms with van der Waals surface area (Å²) < 4.78 is 6.32. The van der Waals surface area contributed by atoms with Crippen molar-refractivity contribution in [1.82, 2.24) is 10.2 Å². The Labute approximate surface area is 139 Å². The molecule has 0 aliphatic carbocycles. The predicted octanol–water partition coefficient (Wildman–Crippen LogP) is 2.21. The van der Waals surface area contributed by atoms with Gasteiger partial charge in [-0.2, -0.15) is 0 Å². The van der Waals surface area contributed by atoms with Gasteiger partial charge in [-0.15, -0.1) is 0 Å². The summed E-state index contributed by atoms with van der Waals surface area (Å²) in [5.41, 5.74) is 0.594. The highest BCUT2D eigenvalue weighted by atomic mass is 79.9. The molecule has 0 bridgehead atoms. The van der Waals surface area contributed by atoms with Crippen LogP contribution in [-0.4, -0.2) is 49.1 Å². The fourth-order valence-corrected chi connectivity index (χ4v) is 2.92. The van der Waals surface area contributed by atoms with Crippen LogP contribution in [0.25, 0.3) is 0 Å². The molecule has 1 aromatic carbocycles. The minimum atomic E-state index is -0.145. The van der Waals surface area contributed by atoms with Crippen molar-refractivity contribution in [2.75, 3.05) is 26.2 Å². The van der Waals surface area contributed by atoms with Crippen molar-refractivity contribution >= 4 is 27.7 Å². The van der Waals surface area contributed by atoms with Gasteiger partial charge in [-0.1, -0.05) is 12.1 Å². The first-order chi connectivity index (χ1) is 10.6. The number of carbonyl (C=O) groups is 2. The highest BCUT2D eigenvalue weighted by molar-refractivity contribution is 9.10. The molecule has 2 amide bonds. The summed E-state index contributed by atoms with van der Waals surface area (Å²) in [7, 11) is 0. The van der Waals surface area contributed by atoms with E-state index in [1.165, 1.54) is 0 Å². The monoisotopic (exact) mass is 368 g/mol. The minimum Gasteiger partial charge on any atom is -0.376 e. The quantitative estimate of drug-likeness (QED) is 0.837. The summed E-state index contributed by atoms with van der Waals surface area (Å²) in [5.74, 6) is -0.140. The molecule has 1 heterocycles. The highest BCUT2D eigenvalue weighted by Crippen LogP contribution is 2.15. The molecule has 5 nitrogen and oxygen atoms in total. The lowest BCUT2D eigenvalue weighted by atomic mass is 10.2. The Kier molecular flexibility index (Phi) is 6.39. The summed E-state index contributed by atoms with van der Waals surface area (Å²) >= 11 is 3.36. The van der Waals surface area contributed by atoms with Crippen molar-refractivity contribution in [2.45, 2.75) is 25.9 Å². The molecule has 22 heavy (non-hydrogen) atoms. The van der Waals surface area contributed by atoms with Crippen molar-refractivity contribution in [3.05, 3.63) is 34.3 Å². The molecule has 1 N–H and O–H groups in total. The van der Waals surface area contributed by atoms with E-state index in [4.69, 9.17) is 4.74 Å². The van der Waals surface area contributed by atoms with Crippen LogP contribution in [0, 0.1) is 0 Å². The van der Waals surface area contributed by atoms with Crippen LogP contribution < -0.4 is 5.32 Å². The number of halogens is 1. The average molecular weight is 369 g/mol. The third kappa shape index (κ3) is 4.81. The third-order valence-corrected chi connectivity index (χ3v) is 4.37. The SMILES string of the molecule is CC(=O)N(CCNC(=O)c1ccccc1Br)CC1CCCO1. The summed E-state index contributed by atoms with van der Waals surface area (Å²) in [6.07, 6.45) is 2.17. The largest absolute Gasteiger partial charge is 0.376 e. The first-order valence-corrected chi connectivity index (χ1v) is 8.27. The Morgan fingerprint density at radius 2 is 2.18 bits per heavy atom. The van der Waals surface area contributed by atoms with Crippen LogP contribution in [0.2, 0.25) is 0 Å². The van der Waals surface area contributed by atoms with E-state index >= 15 is 0 Å². The van der Waals surface area contributed by atoms with Gasteiger partial charge >= 0.3 is 0 Å². The molecule has 1 unspecified atom stereocenters. The lowest BCUT2D eigenvalue weighted by molar-refractivity contribution is -0.130. The van der Waals surface area contributed by atoms with Crippen molar-refractivity contribution in [2.24, 2.45) is 0 Å². The van der Waals surface area contributed by atoms with Gasteiger partial charge in [-0.05, 0) is 40.9 Å². The van der Waals surface area contributed by atoms with E-state index in [9.17, 15) is 9.59 Å². The Morgan fingerprint density at radius 3 is 2.82 bits per heavy atom. The zero-order valence-electron chi connectivity index (χ0n) is 12.7. The zero-order chi connectivity index (χ0) is 15.9. The Balaban J connectivity index is 1.81. The number of amides is 2. The van der Waals surface area contributed by atoms with Gasteiger partial charge in [0.05, 0.1) is 11.7 Å². The molecule has 1 atom stereocenters. The summed E-state index contributed by atoms with van der Waals surface area (Å²) in [6, 6.07) is 7.27. The normalized spacial score (nSPS) is 17.3. The third-order valence-electron chi connectivity index (χ3n) is 3.68. The average Bonchev–Trinajstić information content (AvgIpc) is 2.99. The number of nitrogens with zero attached hydrogens (tertiary/aromatic N) is 1. The molecule has 1 aliphatic rings. The molecule has 1 saturated heterocycles. The van der Waals surface area contributed by atoms with Crippen molar-refractivity contribution in [1.29, 1.82) is 0 Å². The van der Waals surface area contributed by atoms with Gasteiger partial charge < -0.3 is 15.0 Å². The molecule has 2 rings (SSSR count). The van der Waals surface area contributed by atoms with Crippen LogP contribution in [0.1, 0.15) is 30.1 Å². The molecule has 1 fully saturated rings. The van der Waals surface area contributed by atoms with Crippen LogP contribution in [0.3, 0.4) is 0 Å². The molecular weight excluding hydrogens is 348 g/mol. The first kappa shape index (κ1) is 17.0. The summed E-state index contributed by atoms with van der Waals surface area (Å²) in [6.45, 7) is 3.83. The molecule has 0 aromatic heterocycles. The van der Waals surface area contributed by atoms with E-state index in [1.807, 2.05) is 18.2 Å². The number of nitrogens with one attached hydrogen (secondary N) is 1. The Morgan fingerprint density at radius 1 is 1.41 bits per heavy atom. The van der Waals surface area contributed by atoms with Crippen LogP contribution in [0.5, 0.6) is 0 Å². The molecular formula is C16H21BrN2O3. The summed E-state index contributed by atoms with van der Waals surface area (Å²) in [5, 5.41) is 2.85. The maximum Gasteiger partial charge on any atom is 0.252 e. The van der Waals surface area contributed by atoms with E-state index in [1.54, 1.807) is 17.9 Å². The Hall–Kier alpha value is -1.40. The molecule has 120 valence electrons. The van der Waals surface area contributed by atoms with Gasteiger partial charge in [0.2, 0.25) is 5.91 Å². The second kappa shape index (κ2) is 8.29. The van der Waals surface area contributed by atoms with Crippen molar-refractivity contribution in [3.8, 4) is 0 Å². The van der Waals surface area contributed by atoms with Gasteiger partial charge in [0.15, 0.2) is 0 Å². The van der Waals surface area contributed by atoms with Gasteiger partial charge in [-0.25, -0.2) is 0 Å². The number of carbonyl (C=O) groups excluding carboxylic acids is 2. The molecule has 6 heteroatoms. The van der Waals surface area contributed by atoms with Crippen LogP contribution in [0.4, 0.5) is 0 Å². The molecule has 1 aliphatic heterocycles. The number of rotatable bonds is 6. The fourth-order valence-electron chi connectivity index (χ4n) is 2.46. The van der Waals surface area contributed by atoms with Crippen molar-refractivity contribution in [3.63, 3.8) is 0 Å².